The van der Waals surface area contributed by atoms with Crippen LogP contribution in [0.2, 0.25) is 0 Å². The van der Waals surface area contributed by atoms with Gasteiger partial charge in [-0.05, 0) is 31.0 Å². The van der Waals surface area contributed by atoms with Crippen LogP contribution in [0.5, 0.6) is 5.75 Å². The summed E-state index contributed by atoms with van der Waals surface area (Å²) in [7, 11) is 0. The Kier molecular flexibility index (Phi) is 3.20. The summed E-state index contributed by atoms with van der Waals surface area (Å²) in [4.78, 5) is 0. The SMILES string of the molecule is C=CCC1(CC=C)COc2ccc(Br)cc21. The standard InChI is InChI=1S/C14H15BrO/c1-3-7-14(8-4-2)10-16-13-6-5-11(15)9-12(13)14/h3-6,9H,1-2,7-8,10H2. The van der Waals surface area contributed by atoms with Crippen LogP contribution >= 0.6 is 15.9 Å². The van der Waals surface area contributed by atoms with Crippen LogP contribution < -0.4 is 4.74 Å². The van der Waals surface area contributed by atoms with Crippen molar-refractivity contribution in [2.75, 3.05) is 6.61 Å². The molecule has 1 aliphatic rings. The van der Waals surface area contributed by atoms with E-state index >= 15 is 0 Å². The molecule has 0 atom stereocenters. The van der Waals surface area contributed by atoms with Crippen molar-refractivity contribution in [1.82, 2.24) is 0 Å². The van der Waals surface area contributed by atoms with Crippen LogP contribution in [0.25, 0.3) is 0 Å². The highest BCUT2D eigenvalue weighted by Gasteiger charge is 2.38. The van der Waals surface area contributed by atoms with Crippen LogP contribution in [0.1, 0.15) is 18.4 Å². The summed E-state index contributed by atoms with van der Waals surface area (Å²) >= 11 is 3.51. The molecule has 0 amide bonds. The Balaban J connectivity index is 2.48. The van der Waals surface area contributed by atoms with Gasteiger partial charge in [0.2, 0.25) is 0 Å². The Hall–Kier alpha value is -1.02. The van der Waals surface area contributed by atoms with Crippen molar-refractivity contribution in [2.24, 2.45) is 0 Å². The lowest BCUT2D eigenvalue weighted by molar-refractivity contribution is 0.266. The summed E-state index contributed by atoms with van der Waals surface area (Å²) < 4.78 is 6.85. The van der Waals surface area contributed by atoms with Crippen molar-refractivity contribution in [1.29, 1.82) is 0 Å². The fourth-order valence-electron chi connectivity index (χ4n) is 2.31. The van der Waals surface area contributed by atoms with Crippen molar-refractivity contribution in [3.63, 3.8) is 0 Å². The van der Waals surface area contributed by atoms with Crippen LogP contribution in [0, 0.1) is 0 Å². The summed E-state index contributed by atoms with van der Waals surface area (Å²) in [6.07, 6.45) is 5.76. The Labute approximate surface area is 105 Å². The molecule has 0 bridgehead atoms. The molecule has 84 valence electrons. The minimum absolute atomic E-state index is 0.0304. The molecule has 0 radical (unpaired) electrons. The van der Waals surface area contributed by atoms with Gasteiger partial charge in [0.1, 0.15) is 5.75 Å². The van der Waals surface area contributed by atoms with E-state index in [1.54, 1.807) is 0 Å². The largest absolute Gasteiger partial charge is 0.492 e. The summed E-state index contributed by atoms with van der Waals surface area (Å²) in [6, 6.07) is 6.18. The van der Waals surface area contributed by atoms with Crippen molar-refractivity contribution in [2.45, 2.75) is 18.3 Å². The van der Waals surface area contributed by atoms with Crippen molar-refractivity contribution in [3.8, 4) is 5.75 Å². The molecule has 0 unspecified atom stereocenters. The third-order valence-corrected chi connectivity index (χ3v) is 3.58. The molecular weight excluding hydrogens is 264 g/mol. The monoisotopic (exact) mass is 278 g/mol. The molecule has 1 nitrogen and oxygen atoms in total. The molecule has 0 aromatic heterocycles. The predicted molar refractivity (Wildman–Crippen MR) is 70.9 cm³/mol. The lowest BCUT2D eigenvalue weighted by Gasteiger charge is -2.25. The number of allylic oxidation sites excluding steroid dienone is 2. The highest BCUT2D eigenvalue weighted by Crippen LogP contribution is 2.44. The van der Waals surface area contributed by atoms with E-state index in [-0.39, 0.29) is 5.41 Å². The lowest BCUT2D eigenvalue weighted by Crippen LogP contribution is -2.26. The average Bonchev–Trinajstić information content (AvgIpc) is 2.59. The third-order valence-electron chi connectivity index (χ3n) is 3.09. The Bertz CT molecular complexity index is 413. The van der Waals surface area contributed by atoms with Gasteiger partial charge in [-0.3, -0.25) is 0 Å². The van der Waals surface area contributed by atoms with Crippen LogP contribution in [0.15, 0.2) is 48.0 Å². The molecule has 1 heterocycles. The maximum atomic E-state index is 5.76. The molecule has 0 saturated carbocycles. The van der Waals surface area contributed by atoms with Crippen LogP contribution in [0.3, 0.4) is 0 Å². The zero-order chi connectivity index (χ0) is 11.6. The van der Waals surface area contributed by atoms with E-state index in [1.165, 1.54) is 5.56 Å². The summed E-state index contributed by atoms with van der Waals surface area (Å²) in [5.41, 5.74) is 1.30. The molecular formula is C14H15BrO. The lowest BCUT2D eigenvalue weighted by atomic mass is 9.77. The van der Waals surface area contributed by atoms with E-state index in [0.29, 0.717) is 0 Å². The van der Waals surface area contributed by atoms with Gasteiger partial charge in [0.15, 0.2) is 0 Å². The molecule has 0 spiro atoms. The van der Waals surface area contributed by atoms with Gasteiger partial charge in [-0.25, -0.2) is 0 Å². The first-order valence-electron chi connectivity index (χ1n) is 5.36. The molecule has 1 aromatic rings. The normalized spacial score (nSPS) is 16.3. The summed E-state index contributed by atoms with van der Waals surface area (Å²) in [6.45, 7) is 8.41. The molecule has 0 N–H and O–H groups in total. The quantitative estimate of drug-likeness (QED) is 0.749. The molecule has 1 aliphatic heterocycles. The third kappa shape index (κ3) is 1.82. The second kappa shape index (κ2) is 4.46. The van der Waals surface area contributed by atoms with E-state index in [0.717, 1.165) is 29.7 Å². The first-order valence-corrected chi connectivity index (χ1v) is 6.16. The number of hydrogen-bond donors (Lipinski definition) is 0. The van der Waals surface area contributed by atoms with Gasteiger partial charge < -0.3 is 4.74 Å². The van der Waals surface area contributed by atoms with E-state index < -0.39 is 0 Å². The number of benzene rings is 1. The fraction of sp³-hybridized carbons (Fsp3) is 0.286. The van der Waals surface area contributed by atoms with Gasteiger partial charge in [0.25, 0.3) is 0 Å². The van der Waals surface area contributed by atoms with Crippen molar-refractivity contribution < 1.29 is 4.74 Å². The van der Waals surface area contributed by atoms with Gasteiger partial charge in [0, 0.05) is 15.5 Å². The van der Waals surface area contributed by atoms with Crippen LogP contribution in [-0.2, 0) is 5.41 Å². The second-order valence-electron chi connectivity index (χ2n) is 4.20. The number of ether oxygens (including phenoxy) is 1. The predicted octanol–water partition coefficient (Wildman–Crippen LogP) is 4.23. The number of halogens is 1. The van der Waals surface area contributed by atoms with Gasteiger partial charge in [-0.1, -0.05) is 28.1 Å². The minimum atomic E-state index is 0.0304. The topological polar surface area (TPSA) is 9.23 Å². The maximum Gasteiger partial charge on any atom is 0.123 e. The summed E-state index contributed by atoms with van der Waals surface area (Å²) in [5.74, 6) is 0.993. The molecule has 16 heavy (non-hydrogen) atoms. The smallest absolute Gasteiger partial charge is 0.123 e. The second-order valence-corrected chi connectivity index (χ2v) is 5.11. The molecule has 2 rings (SSSR count). The van der Waals surface area contributed by atoms with Gasteiger partial charge >= 0.3 is 0 Å². The number of hydrogen-bond acceptors (Lipinski definition) is 1. The van der Waals surface area contributed by atoms with Gasteiger partial charge in [-0.15, -0.1) is 13.2 Å². The van der Waals surface area contributed by atoms with E-state index in [2.05, 4.69) is 35.2 Å². The Morgan fingerprint density at radius 1 is 1.31 bits per heavy atom. The molecule has 0 aliphatic carbocycles. The molecule has 1 aromatic carbocycles. The van der Waals surface area contributed by atoms with E-state index in [4.69, 9.17) is 4.74 Å². The highest BCUT2D eigenvalue weighted by molar-refractivity contribution is 9.10. The molecule has 0 saturated heterocycles. The van der Waals surface area contributed by atoms with E-state index in [9.17, 15) is 0 Å². The first kappa shape index (κ1) is 11.5. The van der Waals surface area contributed by atoms with Crippen LogP contribution in [-0.4, -0.2) is 6.61 Å². The van der Waals surface area contributed by atoms with Crippen molar-refractivity contribution >= 4 is 15.9 Å². The number of rotatable bonds is 4. The first-order chi connectivity index (χ1) is 7.72. The highest BCUT2D eigenvalue weighted by atomic mass is 79.9. The zero-order valence-electron chi connectivity index (χ0n) is 9.21. The van der Waals surface area contributed by atoms with Crippen LogP contribution in [0.4, 0.5) is 0 Å². The molecule has 2 heteroatoms. The number of fused-ring (bicyclic) bond motifs is 1. The summed E-state index contributed by atoms with van der Waals surface area (Å²) in [5, 5.41) is 0. The molecule has 0 fully saturated rings. The minimum Gasteiger partial charge on any atom is -0.492 e. The van der Waals surface area contributed by atoms with Gasteiger partial charge in [-0.2, -0.15) is 0 Å². The van der Waals surface area contributed by atoms with E-state index in [1.807, 2.05) is 24.3 Å². The average molecular weight is 279 g/mol. The zero-order valence-corrected chi connectivity index (χ0v) is 10.8. The van der Waals surface area contributed by atoms with Crippen molar-refractivity contribution in [3.05, 3.63) is 53.5 Å². The Morgan fingerprint density at radius 2 is 2.00 bits per heavy atom. The maximum absolute atomic E-state index is 5.76. The fourth-order valence-corrected chi connectivity index (χ4v) is 2.67. The van der Waals surface area contributed by atoms with Gasteiger partial charge in [0.05, 0.1) is 6.61 Å². The Morgan fingerprint density at radius 3 is 2.62 bits per heavy atom.